The van der Waals surface area contributed by atoms with E-state index in [1.807, 2.05) is 30.3 Å². The Morgan fingerprint density at radius 2 is 1.82 bits per heavy atom. The molecule has 1 amide bonds. The molecule has 0 spiro atoms. The van der Waals surface area contributed by atoms with Crippen LogP contribution in [0.15, 0.2) is 30.3 Å². The Labute approximate surface area is 135 Å². The summed E-state index contributed by atoms with van der Waals surface area (Å²) in [4.78, 5) is 13.9. The van der Waals surface area contributed by atoms with Gasteiger partial charge in [-0.05, 0) is 36.8 Å². The molecule has 1 aromatic heterocycles. The molecule has 0 unspecified atom stereocenters. The summed E-state index contributed by atoms with van der Waals surface area (Å²) in [6.45, 7) is 0.545. The molecule has 0 atom stereocenters. The van der Waals surface area contributed by atoms with Crippen LogP contribution in [0.5, 0.6) is 0 Å². The van der Waals surface area contributed by atoms with E-state index in [0.717, 1.165) is 30.4 Å². The largest absolute Gasteiger partial charge is 0.390 e. The highest BCUT2D eigenvalue weighted by Crippen LogP contribution is 2.35. The van der Waals surface area contributed by atoms with Gasteiger partial charge in [0.2, 0.25) is 0 Å². The highest BCUT2D eigenvalue weighted by Gasteiger charge is 2.22. The Morgan fingerprint density at radius 3 is 2.59 bits per heavy atom. The Hall–Kier alpha value is -1.81. The molecule has 116 valence electrons. The van der Waals surface area contributed by atoms with E-state index in [9.17, 15) is 4.79 Å². The van der Waals surface area contributed by atoms with Crippen molar-refractivity contribution in [1.82, 2.24) is 5.32 Å². The number of amides is 1. The summed E-state index contributed by atoms with van der Waals surface area (Å²) in [5.41, 5.74) is 9.19. The number of nitrogen functional groups attached to an aromatic ring is 1. The molecular formula is C18H22N2OS. The van der Waals surface area contributed by atoms with Crippen molar-refractivity contribution in [2.24, 2.45) is 0 Å². The number of thiophene rings is 1. The number of aryl methyl sites for hydroxylation is 1. The topological polar surface area (TPSA) is 55.1 Å². The Bertz CT molecular complexity index is 649. The average Bonchev–Trinajstić information content (AvgIpc) is 2.81. The second-order valence-electron chi connectivity index (χ2n) is 5.83. The number of carbonyl (C=O) groups is 1. The predicted octanol–water partition coefficient (Wildman–Crippen LogP) is 3.92. The van der Waals surface area contributed by atoms with E-state index < -0.39 is 0 Å². The third kappa shape index (κ3) is 3.33. The standard InChI is InChI=1S/C18H22N2OS/c19-17-16(14-10-6-1-2-7-11-15(14)22-17)18(21)20-12-13-8-4-3-5-9-13/h3-5,8-9H,1-2,6-7,10-12,19H2,(H,20,21). The number of hydrogen-bond acceptors (Lipinski definition) is 3. The van der Waals surface area contributed by atoms with E-state index in [2.05, 4.69) is 5.32 Å². The van der Waals surface area contributed by atoms with Gasteiger partial charge in [-0.15, -0.1) is 11.3 Å². The zero-order valence-corrected chi connectivity index (χ0v) is 13.5. The van der Waals surface area contributed by atoms with Crippen molar-refractivity contribution in [2.45, 2.75) is 45.1 Å². The van der Waals surface area contributed by atoms with Gasteiger partial charge in [-0.1, -0.05) is 43.2 Å². The number of hydrogen-bond donors (Lipinski definition) is 2. The van der Waals surface area contributed by atoms with Crippen molar-refractivity contribution in [3.05, 3.63) is 51.9 Å². The van der Waals surface area contributed by atoms with Crippen molar-refractivity contribution in [3.8, 4) is 0 Å². The molecule has 1 heterocycles. The minimum absolute atomic E-state index is 0.0283. The van der Waals surface area contributed by atoms with E-state index in [-0.39, 0.29) is 5.91 Å². The first-order chi connectivity index (χ1) is 10.8. The van der Waals surface area contributed by atoms with Crippen LogP contribution < -0.4 is 11.1 Å². The normalized spacial score (nSPS) is 14.7. The van der Waals surface area contributed by atoms with Crippen LogP contribution in [0.1, 0.15) is 52.0 Å². The third-order valence-electron chi connectivity index (χ3n) is 4.22. The smallest absolute Gasteiger partial charge is 0.254 e. The lowest BCUT2D eigenvalue weighted by Crippen LogP contribution is -2.24. The lowest BCUT2D eigenvalue weighted by molar-refractivity contribution is 0.0951. The minimum atomic E-state index is -0.0283. The van der Waals surface area contributed by atoms with Crippen LogP contribution in [-0.4, -0.2) is 5.91 Å². The zero-order chi connectivity index (χ0) is 15.4. The molecule has 0 aliphatic heterocycles. The molecule has 0 radical (unpaired) electrons. The molecule has 2 aromatic rings. The second kappa shape index (κ2) is 6.97. The van der Waals surface area contributed by atoms with Gasteiger partial charge in [0.25, 0.3) is 5.91 Å². The van der Waals surface area contributed by atoms with E-state index in [1.54, 1.807) is 11.3 Å². The minimum Gasteiger partial charge on any atom is -0.390 e. The molecule has 1 aliphatic carbocycles. The van der Waals surface area contributed by atoms with Crippen LogP contribution in [0.4, 0.5) is 5.00 Å². The van der Waals surface area contributed by atoms with Gasteiger partial charge in [-0.3, -0.25) is 4.79 Å². The maximum atomic E-state index is 12.6. The monoisotopic (exact) mass is 314 g/mol. The summed E-state index contributed by atoms with van der Waals surface area (Å²) in [6.07, 6.45) is 6.94. The van der Waals surface area contributed by atoms with Crippen molar-refractivity contribution in [1.29, 1.82) is 0 Å². The molecule has 3 N–H and O–H groups in total. The van der Waals surface area contributed by atoms with Crippen LogP contribution >= 0.6 is 11.3 Å². The number of fused-ring (bicyclic) bond motifs is 1. The van der Waals surface area contributed by atoms with Crippen LogP contribution in [0.2, 0.25) is 0 Å². The van der Waals surface area contributed by atoms with Gasteiger partial charge in [0.1, 0.15) is 0 Å². The average molecular weight is 314 g/mol. The van der Waals surface area contributed by atoms with Crippen LogP contribution in [0, 0.1) is 0 Å². The van der Waals surface area contributed by atoms with Gasteiger partial charge >= 0.3 is 0 Å². The SMILES string of the molecule is Nc1sc2c(c1C(=O)NCc1ccccc1)CCCCCC2. The van der Waals surface area contributed by atoms with E-state index in [0.29, 0.717) is 11.5 Å². The van der Waals surface area contributed by atoms with Gasteiger partial charge in [-0.25, -0.2) is 0 Å². The van der Waals surface area contributed by atoms with Gasteiger partial charge in [-0.2, -0.15) is 0 Å². The van der Waals surface area contributed by atoms with Crippen LogP contribution in [-0.2, 0) is 19.4 Å². The molecule has 0 saturated heterocycles. The molecular weight excluding hydrogens is 292 g/mol. The van der Waals surface area contributed by atoms with Gasteiger partial charge in [0.05, 0.1) is 10.6 Å². The summed E-state index contributed by atoms with van der Waals surface area (Å²) in [6, 6.07) is 9.97. The summed E-state index contributed by atoms with van der Waals surface area (Å²) < 4.78 is 0. The first-order valence-corrected chi connectivity index (χ1v) is 8.79. The van der Waals surface area contributed by atoms with E-state index in [4.69, 9.17) is 5.73 Å². The summed E-state index contributed by atoms with van der Waals surface area (Å²) in [7, 11) is 0. The number of anilines is 1. The van der Waals surface area contributed by atoms with Gasteiger partial charge < -0.3 is 11.1 Å². The maximum absolute atomic E-state index is 12.6. The number of carbonyl (C=O) groups excluding carboxylic acids is 1. The molecule has 3 rings (SSSR count). The number of benzene rings is 1. The Morgan fingerprint density at radius 1 is 1.09 bits per heavy atom. The van der Waals surface area contributed by atoms with Crippen molar-refractivity contribution >= 4 is 22.2 Å². The highest BCUT2D eigenvalue weighted by atomic mass is 32.1. The quantitative estimate of drug-likeness (QED) is 0.902. The Kier molecular flexibility index (Phi) is 4.78. The first kappa shape index (κ1) is 15.1. The molecule has 22 heavy (non-hydrogen) atoms. The summed E-state index contributed by atoms with van der Waals surface area (Å²) >= 11 is 1.61. The molecule has 3 nitrogen and oxygen atoms in total. The van der Waals surface area contributed by atoms with Crippen molar-refractivity contribution < 1.29 is 4.79 Å². The lowest BCUT2D eigenvalue weighted by Gasteiger charge is -2.12. The predicted molar refractivity (Wildman–Crippen MR) is 92.2 cm³/mol. The lowest BCUT2D eigenvalue weighted by atomic mass is 9.96. The number of nitrogens with two attached hydrogens (primary N) is 1. The fourth-order valence-electron chi connectivity index (χ4n) is 3.06. The zero-order valence-electron chi connectivity index (χ0n) is 12.7. The summed E-state index contributed by atoms with van der Waals surface area (Å²) in [5.74, 6) is -0.0283. The highest BCUT2D eigenvalue weighted by molar-refractivity contribution is 7.16. The van der Waals surface area contributed by atoms with E-state index >= 15 is 0 Å². The maximum Gasteiger partial charge on any atom is 0.254 e. The fraction of sp³-hybridized carbons (Fsp3) is 0.389. The Balaban J connectivity index is 1.77. The van der Waals surface area contributed by atoms with Crippen LogP contribution in [0.3, 0.4) is 0 Å². The van der Waals surface area contributed by atoms with Crippen LogP contribution in [0.25, 0.3) is 0 Å². The van der Waals surface area contributed by atoms with E-state index in [1.165, 1.54) is 29.7 Å². The summed E-state index contributed by atoms with van der Waals surface area (Å²) in [5, 5.41) is 3.69. The molecule has 1 aliphatic rings. The molecule has 1 aromatic carbocycles. The second-order valence-corrected chi connectivity index (χ2v) is 6.96. The number of nitrogens with one attached hydrogen (secondary N) is 1. The molecule has 4 heteroatoms. The molecule has 0 fully saturated rings. The van der Waals surface area contributed by atoms with Crippen molar-refractivity contribution in [2.75, 3.05) is 5.73 Å². The number of rotatable bonds is 3. The molecule has 0 bridgehead atoms. The fourth-order valence-corrected chi connectivity index (χ4v) is 4.21. The third-order valence-corrected chi connectivity index (χ3v) is 5.34. The van der Waals surface area contributed by atoms with Gasteiger partial charge in [0, 0.05) is 11.4 Å². The first-order valence-electron chi connectivity index (χ1n) is 7.98. The van der Waals surface area contributed by atoms with Gasteiger partial charge in [0.15, 0.2) is 0 Å². The van der Waals surface area contributed by atoms with Crippen molar-refractivity contribution in [3.63, 3.8) is 0 Å². The molecule has 0 saturated carbocycles.